The van der Waals surface area contributed by atoms with E-state index in [-0.39, 0.29) is 10.6 Å². The van der Waals surface area contributed by atoms with Crippen molar-refractivity contribution in [1.82, 2.24) is 0 Å². The molecule has 0 radical (unpaired) electrons. The van der Waals surface area contributed by atoms with E-state index in [0.29, 0.717) is 15.8 Å². The molecule has 0 fully saturated rings. The number of carbonyl (C=O) groups excluding carboxylic acids is 2. The zero-order valence-electron chi connectivity index (χ0n) is 17.5. The highest BCUT2D eigenvalue weighted by atomic mass is 79.9. The zero-order chi connectivity index (χ0) is 22.0. The molecule has 0 saturated carbocycles. The average Bonchev–Trinajstić information content (AvgIpc) is 2.63. The Balaban J connectivity index is 2.59. The van der Waals surface area contributed by atoms with Gasteiger partial charge in [0.25, 0.3) is 0 Å². The van der Waals surface area contributed by atoms with Gasteiger partial charge in [0.05, 0.1) is 7.11 Å². The van der Waals surface area contributed by atoms with E-state index >= 15 is 0 Å². The topological polar surface area (TPSA) is 52.6 Å². The van der Waals surface area contributed by atoms with Crippen molar-refractivity contribution >= 4 is 36.0 Å². The molecule has 2 aromatic rings. The molecule has 0 N–H and O–H groups in total. The molecule has 2 aromatic carbocycles. The molecule has 0 bridgehead atoms. The van der Waals surface area contributed by atoms with Crippen LogP contribution in [0.3, 0.4) is 0 Å². The Hall–Kier alpha value is -1.99. The molecule has 0 aliphatic heterocycles. The molecule has 29 heavy (non-hydrogen) atoms. The Labute approximate surface area is 180 Å². The molecule has 156 valence electrons. The fraction of sp³-hybridized carbons (Fsp3) is 0.364. The van der Waals surface area contributed by atoms with Gasteiger partial charge in [0, 0.05) is 15.6 Å². The number of ketones is 1. The third-order valence-electron chi connectivity index (χ3n) is 5.28. The van der Waals surface area contributed by atoms with Crippen LogP contribution in [0.1, 0.15) is 42.6 Å². The van der Waals surface area contributed by atoms with E-state index in [1.54, 1.807) is 12.1 Å². The van der Waals surface area contributed by atoms with Crippen LogP contribution >= 0.6 is 15.9 Å². The third kappa shape index (κ3) is 5.33. The van der Waals surface area contributed by atoms with Crippen molar-refractivity contribution in [2.75, 3.05) is 7.11 Å². The largest absolute Gasteiger partial charge is 0.543 e. The van der Waals surface area contributed by atoms with Crippen LogP contribution in [0, 0.1) is 5.82 Å². The Morgan fingerprint density at radius 3 is 2.17 bits per heavy atom. The molecule has 1 unspecified atom stereocenters. The second-order valence-corrected chi connectivity index (χ2v) is 14.0. The minimum absolute atomic E-state index is 0.0704. The van der Waals surface area contributed by atoms with Gasteiger partial charge in [-0.2, -0.15) is 0 Å². The minimum atomic E-state index is -2.24. The monoisotopic (exact) mass is 480 g/mol. The lowest BCUT2D eigenvalue weighted by Crippen LogP contribution is -2.44. The molecule has 0 aromatic heterocycles. The van der Waals surface area contributed by atoms with Crippen LogP contribution in [-0.4, -0.2) is 27.2 Å². The molecule has 1 atom stereocenters. The van der Waals surface area contributed by atoms with Crippen molar-refractivity contribution in [3.63, 3.8) is 0 Å². The minimum Gasteiger partial charge on any atom is -0.543 e. The summed E-state index contributed by atoms with van der Waals surface area (Å²) in [6.45, 7) is 10.5. The molecular formula is C22H26BrFO4Si. The van der Waals surface area contributed by atoms with Crippen LogP contribution in [0.5, 0.6) is 5.75 Å². The first-order valence-electron chi connectivity index (χ1n) is 9.23. The molecule has 0 spiro atoms. The van der Waals surface area contributed by atoms with Gasteiger partial charge in [0.2, 0.25) is 8.32 Å². The van der Waals surface area contributed by atoms with Gasteiger partial charge in [-0.15, -0.1) is 0 Å². The highest BCUT2D eigenvalue weighted by Crippen LogP contribution is 2.41. The van der Waals surface area contributed by atoms with Crippen LogP contribution < -0.4 is 4.43 Å². The predicted octanol–water partition coefficient (Wildman–Crippen LogP) is 6.11. The number of Topliss-reactive ketones (excluding diaryl/α,β-unsaturated/α-hetero) is 1. The molecule has 7 heteroatoms. The number of rotatable bonds is 6. The second-order valence-electron chi connectivity index (χ2n) is 8.37. The number of esters is 1. The van der Waals surface area contributed by atoms with E-state index in [1.807, 2.05) is 6.07 Å². The quantitative estimate of drug-likeness (QED) is 0.216. The van der Waals surface area contributed by atoms with Gasteiger partial charge in [0.1, 0.15) is 17.5 Å². The summed E-state index contributed by atoms with van der Waals surface area (Å²) in [5.41, 5.74) is 0.644. The van der Waals surface area contributed by atoms with Crippen LogP contribution in [-0.2, 0) is 9.53 Å². The lowest BCUT2D eigenvalue weighted by molar-refractivity contribution is -0.141. The maximum absolute atomic E-state index is 13.3. The van der Waals surface area contributed by atoms with Crippen molar-refractivity contribution in [3.8, 4) is 5.75 Å². The first kappa shape index (κ1) is 23.3. The van der Waals surface area contributed by atoms with E-state index in [1.165, 1.54) is 31.4 Å². The Bertz CT molecular complexity index is 904. The van der Waals surface area contributed by atoms with Crippen LogP contribution in [0.25, 0.3) is 0 Å². The van der Waals surface area contributed by atoms with Crippen molar-refractivity contribution < 1.29 is 23.1 Å². The smallest absolute Gasteiger partial charge is 0.321 e. The Morgan fingerprint density at radius 1 is 1.07 bits per heavy atom. The molecule has 0 saturated heterocycles. The highest BCUT2D eigenvalue weighted by Gasteiger charge is 2.41. The summed E-state index contributed by atoms with van der Waals surface area (Å²) in [5.74, 6) is -2.37. The highest BCUT2D eigenvalue weighted by molar-refractivity contribution is 9.10. The van der Waals surface area contributed by atoms with Gasteiger partial charge < -0.3 is 9.16 Å². The first-order chi connectivity index (χ1) is 13.4. The van der Waals surface area contributed by atoms with Crippen LogP contribution in [0.4, 0.5) is 4.39 Å². The third-order valence-corrected chi connectivity index (χ3v) is 10.1. The summed E-state index contributed by atoms with van der Waals surface area (Å²) >= 11 is 3.41. The first-order valence-corrected chi connectivity index (χ1v) is 12.9. The van der Waals surface area contributed by atoms with Crippen molar-refractivity contribution in [1.29, 1.82) is 0 Å². The number of carbonyl (C=O) groups is 2. The number of benzene rings is 2. The number of halogens is 2. The maximum atomic E-state index is 13.3. The molecule has 2 rings (SSSR count). The number of methoxy groups -OCH3 is 1. The van der Waals surface area contributed by atoms with E-state index in [0.717, 1.165) is 0 Å². The summed E-state index contributed by atoms with van der Waals surface area (Å²) in [7, 11) is -0.999. The molecule has 0 heterocycles. The van der Waals surface area contributed by atoms with E-state index in [4.69, 9.17) is 9.16 Å². The van der Waals surface area contributed by atoms with E-state index in [9.17, 15) is 14.0 Å². The lowest BCUT2D eigenvalue weighted by Gasteiger charge is -2.37. The summed E-state index contributed by atoms with van der Waals surface area (Å²) in [4.78, 5) is 25.8. The summed E-state index contributed by atoms with van der Waals surface area (Å²) in [6, 6.07) is 10.4. The second kappa shape index (κ2) is 8.79. The van der Waals surface area contributed by atoms with Gasteiger partial charge >= 0.3 is 5.97 Å². The van der Waals surface area contributed by atoms with Crippen molar-refractivity contribution in [2.24, 2.45) is 0 Å². The number of ether oxygens (including phenoxy) is 1. The lowest BCUT2D eigenvalue weighted by atomic mass is 9.90. The van der Waals surface area contributed by atoms with E-state index < -0.39 is 31.8 Å². The van der Waals surface area contributed by atoms with Gasteiger partial charge in [-0.25, -0.2) is 4.39 Å². The van der Waals surface area contributed by atoms with Crippen LogP contribution in [0.15, 0.2) is 46.9 Å². The van der Waals surface area contributed by atoms with Gasteiger partial charge in [-0.05, 0) is 60.6 Å². The number of hydrogen-bond acceptors (Lipinski definition) is 4. The van der Waals surface area contributed by atoms with Gasteiger partial charge in [-0.3, -0.25) is 9.59 Å². The summed E-state index contributed by atoms with van der Waals surface area (Å²) in [6.07, 6.45) is 0. The average molecular weight is 481 g/mol. The predicted molar refractivity (Wildman–Crippen MR) is 117 cm³/mol. The molecule has 0 amide bonds. The normalized spacial score (nSPS) is 13.0. The standard InChI is InChI=1S/C22H26BrFO4Si/c1-22(2,3)29(5,6)28-18-12-9-15(23)13-17(18)19(21(26)27-4)20(25)14-7-10-16(24)11-8-14/h7-13,19H,1-6H3. The van der Waals surface area contributed by atoms with Crippen molar-refractivity contribution in [2.45, 2.75) is 44.8 Å². The fourth-order valence-electron chi connectivity index (χ4n) is 2.54. The summed E-state index contributed by atoms with van der Waals surface area (Å²) in [5, 5.41) is -0.0704. The van der Waals surface area contributed by atoms with Crippen LogP contribution in [0.2, 0.25) is 18.1 Å². The maximum Gasteiger partial charge on any atom is 0.321 e. The summed E-state index contributed by atoms with van der Waals surface area (Å²) < 4.78 is 25.4. The van der Waals surface area contributed by atoms with E-state index in [2.05, 4.69) is 49.8 Å². The fourth-order valence-corrected chi connectivity index (χ4v) is 3.96. The Kier molecular flexibility index (Phi) is 7.06. The molecule has 4 nitrogen and oxygen atoms in total. The zero-order valence-corrected chi connectivity index (χ0v) is 20.1. The van der Waals surface area contributed by atoms with Gasteiger partial charge in [0.15, 0.2) is 5.78 Å². The SMILES string of the molecule is COC(=O)C(C(=O)c1ccc(F)cc1)c1cc(Br)ccc1O[Si](C)(C)C(C)(C)C. The molecule has 0 aliphatic rings. The molecular weight excluding hydrogens is 455 g/mol. The number of hydrogen-bond donors (Lipinski definition) is 0. The molecule has 0 aliphatic carbocycles. The Morgan fingerprint density at radius 2 is 1.66 bits per heavy atom. The van der Waals surface area contributed by atoms with Crippen molar-refractivity contribution in [3.05, 3.63) is 63.9 Å². The van der Waals surface area contributed by atoms with Gasteiger partial charge in [-0.1, -0.05) is 36.7 Å².